The van der Waals surface area contributed by atoms with Crippen molar-refractivity contribution in [3.05, 3.63) is 60.2 Å². The van der Waals surface area contributed by atoms with E-state index in [4.69, 9.17) is 0 Å². The summed E-state index contributed by atoms with van der Waals surface area (Å²) in [5.74, 6) is 0. The van der Waals surface area contributed by atoms with Crippen LogP contribution < -0.4 is 16.0 Å². The molecule has 3 rings (SSSR count). The minimum absolute atomic E-state index is 0.0763. The van der Waals surface area contributed by atoms with Gasteiger partial charge < -0.3 is 15.4 Å². The molecule has 3 amide bonds. The van der Waals surface area contributed by atoms with Crippen LogP contribution in [0.1, 0.15) is 18.4 Å². The third-order valence-corrected chi connectivity index (χ3v) is 4.40. The standard InChI is InChI=1S/C19H21N3O3/c1-25-18(24)22-16-9-7-15(8-10-16)21-17(23)20-13-19(11-12-19)14-5-3-2-4-6-14/h2-10H,11-13H2,1H3,(H,22,24)(H2,20,21,23). The summed E-state index contributed by atoms with van der Waals surface area (Å²) in [5, 5.41) is 8.30. The number of urea groups is 1. The van der Waals surface area contributed by atoms with E-state index in [1.54, 1.807) is 24.3 Å². The Morgan fingerprint density at radius 2 is 1.56 bits per heavy atom. The van der Waals surface area contributed by atoms with Gasteiger partial charge in [0.25, 0.3) is 0 Å². The lowest BCUT2D eigenvalue weighted by Gasteiger charge is -2.17. The highest BCUT2D eigenvalue weighted by Crippen LogP contribution is 2.47. The lowest BCUT2D eigenvalue weighted by molar-refractivity contribution is 0.187. The first-order valence-electron chi connectivity index (χ1n) is 8.17. The number of hydrogen-bond acceptors (Lipinski definition) is 3. The molecular formula is C19H21N3O3. The highest BCUT2D eigenvalue weighted by Gasteiger charge is 2.44. The summed E-state index contributed by atoms with van der Waals surface area (Å²) in [7, 11) is 1.30. The Morgan fingerprint density at radius 1 is 0.960 bits per heavy atom. The van der Waals surface area contributed by atoms with Gasteiger partial charge in [0.1, 0.15) is 0 Å². The van der Waals surface area contributed by atoms with E-state index in [2.05, 4.69) is 32.8 Å². The second-order valence-corrected chi connectivity index (χ2v) is 6.15. The maximum absolute atomic E-state index is 12.1. The maximum Gasteiger partial charge on any atom is 0.411 e. The second kappa shape index (κ2) is 7.25. The molecule has 6 nitrogen and oxygen atoms in total. The average Bonchev–Trinajstić information content (AvgIpc) is 3.44. The molecule has 0 unspecified atom stereocenters. The number of nitrogens with one attached hydrogen (secondary N) is 3. The highest BCUT2D eigenvalue weighted by atomic mass is 16.5. The summed E-state index contributed by atoms with van der Waals surface area (Å²) in [6.45, 7) is 0.616. The van der Waals surface area contributed by atoms with Gasteiger partial charge in [-0.1, -0.05) is 30.3 Å². The normalized spacial score (nSPS) is 14.3. The fourth-order valence-electron chi connectivity index (χ4n) is 2.74. The van der Waals surface area contributed by atoms with Gasteiger partial charge in [0.05, 0.1) is 7.11 Å². The Bertz CT molecular complexity index is 740. The van der Waals surface area contributed by atoms with Crippen molar-refractivity contribution in [2.45, 2.75) is 18.3 Å². The van der Waals surface area contributed by atoms with Gasteiger partial charge in [-0.2, -0.15) is 0 Å². The molecule has 6 heteroatoms. The molecule has 1 aliphatic rings. The van der Waals surface area contributed by atoms with Crippen LogP contribution in [0.5, 0.6) is 0 Å². The van der Waals surface area contributed by atoms with Gasteiger partial charge in [-0.15, -0.1) is 0 Å². The zero-order valence-electron chi connectivity index (χ0n) is 14.0. The first-order chi connectivity index (χ1) is 12.1. The van der Waals surface area contributed by atoms with Crippen molar-refractivity contribution in [3.8, 4) is 0 Å². The number of amides is 3. The first kappa shape index (κ1) is 16.8. The lowest BCUT2D eigenvalue weighted by atomic mass is 9.96. The number of methoxy groups -OCH3 is 1. The predicted octanol–water partition coefficient (Wildman–Crippen LogP) is 3.72. The van der Waals surface area contributed by atoms with Crippen LogP contribution in [0.3, 0.4) is 0 Å². The van der Waals surface area contributed by atoms with Gasteiger partial charge in [-0.05, 0) is 42.7 Å². The highest BCUT2D eigenvalue weighted by molar-refractivity contribution is 5.90. The number of rotatable bonds is 5. The number of ether oxygens (including phenoxy) is 1. The van der Waals surface area contributed by atoms with Crippen molar-refractivity contribution in [1.29, 1.82) is 0 Å². The van der Waals surface area contributed by atoms with E-state index in [0.29, 0.717) is 17.9 Å². The molecule has 0 spiro atoms. The topological polar surface area (TPSA) is 79.5 Å². The van der Waals surface area contributed by atoms with Crippen LogP contribution in [0.4, 0.5) is 21.0 Å². The van der Waals surface area contributed by atoms with Crippen LogP contribution in [0.2, 0.25) is 0 Å². The molecule has 1 fully saturated rings. The van der Waals surface area contributed by atoms with Crippen LogP contribution in [0.15, 0.2) is 54.6 Å². The van der Waals surface area contributed by atoms with Crippen LogP contribution >= 0.6 is 0 Å². The molecule has 0 atom stereocenters. The zero-order chi connectivity index (χ0) is 17.7. The third kappa shape index (κ3) is 4.29. The van der Waals surface area contributed by atoms with E-state index in [1.807, 2.05) is 18.2 Å². The Balaban J connectivity index is 1.50. The van der Waals surface area contributed by atoms with Gasteiger partial charge in [0, 0.05) is 23.3 Å². The minimum atomic E-state index is -0.533. The Kier molecular flexibility index (Phi) is 4.88. The van der Waals surface area contributed by atoms with Crippen LogP contribution in [0, 0.1) is 0 Å². The molecule has 25 heavy (non-hydrogen) atoms. The zero-order valence-corrected chi connectivity index (χ0v) is 14.0. The number of carbonyl (C=O) groups is 2. The van der Waals surface area contributed by atoms with Crippen molar-refractivity contribution < 1.29 is 14.3 Å². The van der Waals surface area contributed by atoms with E-state index < -0.39 is 6.09 Å². The molecule has 2 aromatic rings. The summed E-state index contributed by atoms with van der Waals surface area (Å²) in [4.78, 5) is 23.2. The van der Waals surface area contributed by atoms with Crippen molar-refractivity contribution in [1.82, 2.24) is 5.32 Å². The minimum Gasteiger partial charge on any atom is -0.453 e. The SMILES string of the molecule is COC(=O)Nc1ccc(NC(=O)NCC2(c3ccccc3)CC2)cc1. The van der Waals surface area contributed by atoms with Gasteiger partial charge in [0.15, 0.2) is 0 Å². The molecule has 3 N–H and O–H groups in total. The quantitative estimate of drug-likeness (QED) is 0.777. The molecule has 0 aliphatic heterocycles. The molecule has 1 aliphatic carbocycles. The lowest BCUT2D eigenvalue weighted by Crippen LogP contribution is -2.35. The average molecular weight is 339 g/mol. The molecule has 130 valence electrons. The van der Waals surface area contributed by atoms with E-state index in [9.17, 15) is 9.59 Å². The Hall–Kier alpha value is -3.02. The monoisotopic (exact) mass is 339 g/mol. The summed E-state index contributed by atoms with van der Waals surface area (Å²) >= 11 is 0. The number of hydrogen-bond donors (Lipinski definition) is 3. The fourth-order valence-corrected chi connectivity index (χ4v) is 2.74. The molecule has 0 radical (unpaired) electrons. The van der Waals surface area contributed by atoms with Crippen LogP contribution in [-0.4, -0.2) is 25.8 Å². The van der Waals surface area contributed by atoms with Gasteiger partial charge >= 0.3 is 12.1 Å². The van der Waals surface area contributed by atoms with Crippen LogP contribution in [0.25, 0.3) is 0 Å². The molecule has 0 bridgehead atoms. The van der Waals surface area contributed by atoms with E-state index in [0.717, 1.165) is 12.8 Å². The van der Waals surface area contributed by atoms with Crippen molar-refractivity contribution in [2.75, 3.05) is 24.3 Å². The van der Waals surface area contributed by atoms with Gasteiger partial charge in [0.2, 0.25) is 0 Å². The van der Waals surface area contributed by atoms with E-state index in [-0.39, 0.29) is 11.4 Å². The molecule has 0 saturated heterocycles. The van der Waals surface area contributed by atoms with E-state index >= 15 is 0 Å². The summed E-state index contributed by atoms with van der Waals surface area (Å²) in [6, 6.07) is 16.9. The summed E-state index contributed by atoms with van der Waals surface area (Å²) in [6.07, 6.45) is 1.64. The largest absolute Gasteiger partial charge is 0.453 e. The van der Waals surface area contributed by atoms with E-state index in [1.165, 1.54) is 12.7 Å². The third-order valence-electron chi connectivity index (χ3n) is 4.40. The summed E-state index contributed by atoms with van der Waals surface area (Å²) in [5.41, 5.74) is 2.59. The van der Waals surface area contributed by atoms with Crippen molar-refractivity contribution in [3.63, 3.8) is 0 Å². The predicted molar refractivity (Wildman–Crippen MR) is 96.8 cm³/mol. The molecule has 1 saturated carbocycles. The van der Waals surface area contributed by atoms with Crippen LogP contribution in [-0.2, 0) is 10.2 Å². The molecular weight excluding hydrogens is 318 g/mol. The second-order valence-electron chi connectivity index (χ2n) is 6.15. The summed E-state index contributed by atoms with van der Waals surface area (Å²) < 4.78 is 4.53. The van der Waals surface area contributed by atoms with Crippen molar-refractivity contribution >= 4 is 23.5 Å². The van der Waals surface area contributed by atoms with Gasteiger partial charge in [-0.25, -0.2) is 9.59 Å². The van der Waals surface area contributed by atoms with Crippen molar-refractivity contribution in [2.24, 2.45) is 0 Å². The number of benzene rings is 2. The molecule has 0 aromatic heterocycles. The number of carbonyl (C=O) groups excluding carboxylic acids is 2. The first-order valence-corrected chi connectivity index (χ1v) is 8.17. The fraction of sp³-hybridized carbons (Fsp3) is 0.263. The van der Waals surface area contributed by atoms with Gasteiger partial charge in [-0.3, -0.25) is 5.32 Å². The molecule has 2 aromatic carbocycles. The maximum atomic E-state index is 12.1. The number of anilines is 2. The Morgan fingerprint density at radius 3 is 2.12 bits per heavy atom. The molecule has 0 heterocycles. The Labute approximate surface area is 146 Å². The smallest absolute Gasteiger partial charge is 0.411 e.